The SMILES string of the molecule is CNCc1cc(-c2ccc3c(c2)CCC3)ccc1Cl. The zero-order chi connectivity index (χ0) is 13.2. The molecule has 3 rings (SSSR count). The molecule has 0 heterocycles. The molecule has 0 radical (unpaired) electrons. The van der Waals surface area contributed by atoms with Crippen molar-refractivity contribution in [3.05, 3.63) is 58.1 Å². The lowest BCUT2D eigenvalue weighted by atomic mass is 9.99. The first-order valence-electron chi connectivity index (χ1n) is 6.83. The van der Waals surface area contributed by atoms with Crippen LogP contribution >= 0.6 is 11.6 Å². The van der Waals surface area contributed by atoms with Gasteiger partial charge in [-0.2, -0.15) is 0 Å². The van der Waals surface area contributed by atoms with E-state index in [1.165, 1.54) is 41.5 Å². The van der Waals surface area contributed by atoms with Gasteiger partial charge >= 0.3 is 0 Å². The number of fused-ring (bicyclic) bond motifs is 1. The Morgan fingerprint density at radius 1 is 1.00 bits per heavy atom. The highest BCUT2D eigenvalue weighted by Crippen LogP contribution is 2.30. The lowest BCUT2D eigenvalue weighted by molar-refractivity contribution is 0.818. The number of rotatable bonds is 3. The first kappa shape index (κ1) is 12.7. The lowest BCUT2D eigenvalue weighted by Crippen LogP contribution is -2.05. The summed E-state index contributed by atoms with van der Waals surface area (Å²) in [6.45, 7) is 0.803. The highest BCUT2D eigenvalue weighted by Gasteiger charge is 2.12. The Morgan fingerprint density at radius 3 is 2.58 bits per heavy atom. The molecule has 0 spiro atoms. The molecule has 2 aromatic carbocycles. The third-order valence-corrected chi connectivity index (χ3v) is 4.21. The molecule has 0 aliphatic heterocycles. The maximum Gasteiger partial charge on any atom is 0.0451 e. The highest BCUT2D eigenvalue weighted by atomic mass is 35.5. The van der Waals surface area contributed by atoms with Crippen LogP contribution in [-0.2, 0) is 19.4 Å². The van der Waals surface area contributed by atoms with Crippen LogP contribution in [0.5, 0.6) is 0 Å². The van der Waals surface area contributed by atoms with Gasteiger partial charge in [0, 0.05) is 11.6 Å². The minimum Gasteiger partial charge on any atom is -0.316 e. The van der Waals surface area contributed by atoms with Crippen molar-refractivity contribution < 1.29 is 0 Å². The van der Waals surface area contributed by atoms with Crippen LogP contribution in [-0.4, -0.2) is 7.05 Å². The quantitative estimate of drug-likeness (QED) is 0.882. The molecular formula is C17H18ClN. The Balaban J connectivity index is 1.99. The van der Waals surface area contributed by atoms with Gasteiger partial charge in [-0.05, 0) is 66.3 Å². The van der Waals surface area contributed by atoms with E-state index in [4.69, 9.17) is 11.6 Å². The Morgan fingerprint density at radius 2 is 1.74 bits per heavy atom. The van der Waals surface area contributed by atoms with Gasteiger partial charge in [0.15, 0.2) is 0 Å². The smallest absolute Gasteiger partial charge is 0.0451 e. The van der Waals surface area contributed by atoms with Crippen molar-refractivity contribution in [2.24, 2.45) is 0 Å². The van der Waals surface area contributed by atoms with Crippen molar-refractivity contribution in [2.75, 3.05) is 7.05 Å². The fraction of sp³-hybridized carbons (Fsp3) is 0.294. The zero-order valence-electron chi connectivity index (χ0n) is 11.2. The maximum atomic E-state index is 6.22. The van der Waals surface area contributed by atoms with Crippen LogP contribution in [0.2, 0.25) is 5.02 Å². The van der Waals surface area contributed by atoms with Gasteiger partial charge in [0.05, 0.1) is 0 Å². The van der Waals surface area contributed by atoms with Gasteiger partial charge in [-0.15, -0.1) is 0 Å². The van der Waals surface area contributed by atoms with E-state index in [1.54, 1.807) is 0 Å². The molecule has 0 bridgehead atoms. The molecule has 98 valence electrons. The van der Waals surface area contributed by atoms with Crippen molar-refractivity contribution in [3.63, 3.8) is 0 Å². The molecule has 1 N–H and O–H groups in total. The van der Waals surface area contributed by atoms with E-state index >= 15 is 0 Å². The van der Waals surface area contributed by atoms with E-state index in [9.17, 15) is 0 Å². The van der Waals surface area contributed by atoms with Gasteiger partial charge in [0.1, 0.15) is 0 Å². The number of benzene rings is 2. The molecule has 0 atom stereocenters. The summed E-state index contributed by atoms with van der Waals surface area (Å²) in [4.78, 5) is 0. The molecule has 0 saturated heterocycles. The van der Waals surface area contributed by atoms with Gasteiger partial charge in [0.2, 0.25) is 0 Å². The fourth-order valence-electron chi connectivity index (χ4n) is 2.83. The first-order chi connectivity index (χ1) is 9.28. The molecule has 0 saturated carbocycles. The average molecular weight is 272 g/mol. The summed E-state index contributed by atoms with van der Waals surface area (Å²) >= 11 is 6.22. The van der Waals surface area contributed by atoms with Crippen LogP contribution in [0.25, 0.3) is 11.1 Å². The summed E-state index contributed by atoms with van der Waals surface area (Å²) in [5.74, 6) is 0. The predicted molar refractivity (Wildman–Crippen MR) is 81.7 cm³/mol. The second-order valence-corrected chi connectivity index (χ2v) is 5.58. The molecular weight excluding hydrogens is 254 g/mol. The summed E-state index contributed by atoms with van der Waals surface area (Å²) in [6.07, 6.45) is 3.76. The number of nitrogens with one attached hydrogen (secondary N) is 1. The molecule has 2 aromatic rings. The molecule has 2 heteroatoms. The third-order valence-electron chi connectivity index (χ3n) is 3.84. The van der Waals surface area contributed by atoms with Crippen LogP contribution in [0.1, 0.15) is 23.1 Å². The van der Waals surface area contributed by atoms with E-state index in [0.717, 1.165) is 17.1 Å². The van der Waals surface area contributed by atoms with Gasteiger partial charge in [-0.1, -0.05) is 35.9 Å². The van der Waals surface area contributed by atoms with Crippen LogP contribution in [0.4, 0.5) is 0 Å². The lowest BCUT2D eigenvalue weighted by Gasteiger charge is -2.09. The Bertz CT molecular complexity index is 604. The van der Waals surface area contributed by atoms with Crippen molar-refractivity contribution >= 4 is 11.6 Å². The predicted octanol–water partition coefficient (Wildman–Crippen LogP) is 4.22. The van der Waals surface area contributed by atoms with E-state index in [0.29, 0.717) is 0 Å². The van der Waals surface area contributed by atoms with Gasteiger partial charge in [0.25, 0.3) is 0 Å². The van der Waals surface area contributed by atoms with Crippen LogP contribution in [0, 0.1) is 0 Å². The van der Waals surface area contributed by atoms with Crippen molar-refractivity contribution in [1.82, 2.24) is 5.32 Å². The van der Waals surface area contributed by atoms with Crippen LogP contribution < -0.4 is 5.32 Å². The summed E-state index contributed by atoms with van der Waals surface area (Å²) in [5.41, 5.74) is 6.75. The normalized spacial score (nSPS) is 13.6. The third kappa shape index (κ3) is 2.54. The van der Waals surface area contributed by atoms with E-state index in [-0.39, 0.29) is 0 Å². The van der Waals surface area contributed by atoms with E-state index < -0.39 is 0 Å². The Labute approximate surface area is 119 Å². The van der Waals surface area contributed by atoms with Crippen molar-refractivity contribution in [2.45, 2.75) is 25.8 Å². The monoisotopic (exact) mass is 271 g/mol. The second-order valence-electron chi connectivity index (χ2n) is 5.17. The molecule has 19 heavy (non-hydrogen) atoms. The Hall–Kier alpha value is -1.31. The summed E-state index contributed by atoms with van der Waals surface area (Å²) in [5, 5.41) is 3.99. The number of hydrogen-bond donors (Lipinski definition) is 1. The fourth-order valence-corrected chi connectivity index (χ4v) is 3.02. The first-order valence-corrected chi connectivity index (χ1v) is 7.21. The Kier molecular flexibility index (Phi) is 3.58. The molecule has 1 aliphatic rings. The molecule has 0 unspecified atom stereocenters. The minimum atomic E-state index is 0.803. The van der Waals surface area contributed by atoms with Crippen molar-refractivity contribution in [1.29, 1.82) is 0 Å². The average Bonchev–Trinajstić information content (AvgIpc) is 2.89. The summed E-state index contributed by atoms with van der Waals surface area (Å²) in [7, 11) is 1.94. The number of hydrogen-bond acceptors (Lipinski definition) is 1. The van der Waals surface area contributed by atoms with E-state index in [1.807, 2.05) is 13.1 Å². The molecule has 0 fully saturated rings. The van der Waals surface area contributed by atoms with Gasteiger partial charge in [-0.3, -0.25) is 0 Å². The molecule has 1 nitrogen and oxygen atoms in total. The second kappa shape index (κ2) is 5.36. The highest BCUT2D eigenvalue weighted by molar-refractivity contribution is 6.31. The summed E-state index contributed by atoms with van der Waals surface area (Å²) < 4.78 is 0. The largest absolute Gasteiger partial charge is 0.316 e. The van der Waals surface area contributed by atoms with Gasteiger partial charge < -0.3 is 5.32 Å². The zero-order valence-corrected chi connectivity index (χ0v) is 11.9. The maximum absolute atomic E-state index is 6.22. The number of aryl methyl sites for hydroxylation is 2. The summed E-state index contributed by atoms with van der Waals surface area (Å²) in [6, 6.07) is 13.2. The standard InChI is InChI=1S/C17H18ClN/c1-19-11-16-10-15(7-8-17(16)18)14-6-5-12-3-2-4-13(12)9-14/h5-10,19H,2-4,11H2,1H3. The molecule has 1 aliphatic carbocycles. The van der Waals surface area contributed by atoms with E-state index in [2.05, 4.69) is 35.6 Å². The topological polar surface area (TPSA) is 12.0 Å². The minimum absolute atomic E-state index is 0.803. The molecule has 0 aromatic heterocycles. The van der Waals surface area contributed by atoms with Crippen molar-refractivity contribution in [3.8, 4) is 11.1 Å². The number of halogens is 1. The van der Waals surface area contributed by atoms with Crippen LogP contribution in [0.15, 0.2) is 36.4 Å². The molecule has 0 amide bonds. The van der Waals surface area contributed by atoms with Gasteiger partial charge in [-0.25, -0.2) is 0 Å². The van der Waals surface area contributed by atoms with Crippen LogP contribution in [0.3, 0.4) is 0 Å².